The second kappa shape index (κ2) is 7.65. The van der Waals surface area contributed by atoms with Crippen molar-refractivity contribution in [3.8, 4) is 16.9 Å². The number of hydrogen-bond acceptors (Lipinski definition) is 2. The number of fused-ring (bicyclic) bond motifs is 1. The summed E-state index contributed by atoms with van der Waals surface area (Å²) in [6.45, 7) is 2.30. The monoisotopic (exact) mass is 348 g/mol. The van der Waals surface area contributed by atoms with Crippen molar-refractivity contribution < 1.29 is 9.53 Å². The molecule has 0 aromatic heterocycles. The predicted molar refractivity (Wildman–Crippen MR) is 105 cm³/mol. The van der Waals surface area contributed by atoms with Gasteiger partial charge in [-0.05, 0) is 78.3 Å². The first-order valence-electron chi connectivity index (χ1n) is 10.2. The number of carbonyl (C=O) groups is 1. The summed E-state index contributed by atoms with van der Waals surface area (Å²) in [7, 11) is 0. The molecular weight excluding hydrogens is 320 g/mol. The van der Waals surface area contributed by atoms with Crippen LogP contribution >= 0.6 is 0 Å². The fourth-order valence-electron chi connectivity index (χ4n) is 4.60. The van der Waals surface area contributed by atoms with Crippen LogP contribution in [0.4, 0.5) is 0 Å². The van der Waals surface area contributed by atoms with Crippen molar-refractivity contribution in [2.75, 3.05) is 0 Å². The van der Waals surface area contributed by atoms with Crippen LogP contribution in [0.2, 0.25) is 0 Å². The third kappa shape index (κ3) is 3.70. The molecule has 0 bridgehead atoms. The molecule has 0 spiro atoms. The number of ether oxygens (including phenoxy) is 1. The van der Waals surface area contributed by atoms with Crippen molar-refractivity contribution in [3.05, 3.63) is 53.6 Å². The van der Waals surface area contributed by atoms with Crippen molar-refractivity contribution in [2.24, 2.45) is 5.92 Å². The molecular formula is C24H28O2. The Bertz CT molecular complexity index is 767. The second-order valence-electron chi connectivity index (χ2n) is 7.92. The van der Waals surface area contributed by atoms with Crippen molar-refractivity contribution in [3.63, 3.8) is 0 Å². The first-order chi connectivity index (χ1) is 12.7. The molecule has 4 rings (SSSR count). The number of benzene rings is 2. The third-order valence-corrected chi connectivity index (χ3v) is 6.14. The zero-order valence-electron chi connectivity index (χ0n) is 15.7. The number of carbonyl (C=O) groups excluding carboxylic acids is 1. The van der Waals surface area contributed by atoms with Gasteiger partial charge in [0, 0.05) is 0 Å². The van der Waals surface area contributed by atoms with Gasteiger partial charge in [0.2, 0.25) is 0 Å². The largest absolute Gasteiger partial charge is 0.426 e. The molecule has 2 aromatic rings. The summed E-state index contributed by atoms with van der Waals surface area (Å²) in [6, 6.07) is 15.3. The number of esters is 1. The maximum Gasteiger partial charge on any atom is 0.311 e. The van der Waals surface area contributed by atoms with Crippen molar-refractivity contribution in [1.82, 2.24) is 0 Å². The minimum atomic E-state index is -0.122. The summed E-state index contributed by atoms with van der Waals surface area (Å²) in [4.78, 5) is 11.4. The van der Waals surface area contributed by atoms with E-state index in [0.29, 0.717) is 6.42 Å². The van der Waals surface area contributed by atoms with E-state index in [-0.39, 0.29) is 5.97 Å². The summed E-state index contributed by atoms with van der Waals surface area (Å²) < 4.78 is 5.31. The highest BCUT2D eigenvalue weighted by molar-refractivity contribution is 5.76. The Morgan fingerprint density at radius 3 is 2.38 bits per heavy atom. The van der Waals surface area contributed by atoms with E-state index in [1.807, 2.05) is 6.07 Å². The molecule has 0 N–H and O–H groups in total. The van der Waals surface area contributed by atoms with E-state index in [2.05, 4.69) is 43.3 Å². The Kier molecular flexibility index (Phi) is 5.10. The smallest absolute Gasteiger partial charge is 0.311 e. The average Bonchev–Trinajstić information content (AvgIpc) is 2.69. The Hall–Kier alpha value is -2.09. The van der Waals surface area contributed by atoms with E-state index in [1.54, 1.807) is 0 Å². The van der Waals surface area contributed by atoms with E-state index in [0.717, 1.165) is 29.6 Å². The molecule has 2 heteroatoms. The van der Waals surface area contributed by atoms with Gasteiger partial charge in [0.05, 0.1) is 6.42 Å². The first kappa shape index (κ1) is 17.3. The van der Waals surface area contributed by atoms with Crippen LogP contribution in [-0.2, 0) is 11.2 Å². The van der Waals surface area contributed by atoms with Crippen LogP contribution in [-0.4, -0.2) is 5.97 Å². The van der Waals surface area contributed by atoms with Gasteiger partial charge < -0.3 is 4.74 Å². The molecule has 0 amide bonds. The molecule has 1 heterocycles. The topological polar surface area (TPSA) is 26.3 Å². The lowest BCUT2D eigenvalue weighted by Crippen LogP contribution is -2.15. The van der Waals surface area contributed by atoms with Crippen LogP contribution in [0.25, 0.3) is 11.1 Å². The van der Waals surface area contributed by atoms with Crippen LogP contribution in [0, 0.1) is 5.92 Å². The zero-order chi connectivity index (χ0) is 17.9. The van der Waals surface area contributed by atoms with E-state index < -0.39 is 0 Å². The molecule has 2 aromatic carbocycles. The minimum Gasteiger partial charge on any atom is -0.426 e. The van der Waals surface area contributed by atoms with Gasteiger partial charge in [-0.3, -0.25) is 4.79 Å². The molecule has 1 fully saturated rings. The zero-order valence-corrected chi connectivity index (χ0v) is 15.7. The molecule has 0 radical (unpaired) electrons. The third-order valence-electron chi connectivity index (χ3n) is 6.14. The van der Waals surface area contributed by atoms with E-state index in [1.165, 1.54) is 55.2 Å². The standard InChI is InChI=1S/C24H28O2/c1-2-3-17-4-6-18(7-5-17)19-8-10-20(11-9-19)21-12-14-23-22(16-21)13-15-24(25)26-23/h8-12,14,16-18H,2-7,13,15H2,1H3. The van der Waals surface area contributed by atoms with E-state index in [9.17, 15) is 4.79 Å². The van der Waals surface area contributed by atoms with Gasteiger partial charge in [0.15, 0.2) is 0 Å². The predicted octanol–water partition coefficient (Wildman–Crippen LogP) is 6.28. The summed E-state index contributed by atoms with van der Waals surface area (Å²) in [6.07, 6.45) is 9.45. The van der Waals surface area contributed by atoms with Crippen LogP contribution in [0.3, 0.4) is 0 Å². The van der Waals surface area contributed by atoms with Gasteiger partial charge in [0.25, 0.3) is 0 Å². The molecule has 0 unspecified atom stereocenters. The van der Waals surface area contributed by atoms with Crippen LogP contribution in [0.5, 0.6) is 5.75 Å². The Morgan fingerprint density at radius 1 is 0.923 bits per heavy atom. The van der Waals surface area contributed by atoms with Crippen LogP contribution in [0.15, 0.2) is 42.5 Å². The molecule has 1 aliphatic carbocycles. The molecule has 1 saturated carbocycles. The Morgan fingerprint density at radius 2 is 1.65 bits per heavy atom. The highest BCUT2D eigenvalue weighted by atomic mass is 16.5. The van der Waals surface area contributed by atoms with E-state index >= 15 is 0 Å². The normalized spacial score (nSPS) is 22.6. The molecule has 1 aliphatic heterocycles. The van der Waals surface area contributed by atoms with Crippen LogP contribution < -0.4 is 4.74 Å². The minimum absolute atomic E-state index is 0.122. The molecule has 2 aliphatic rings. The highest BCUT2D eigenvalue weighted by Gasteiger charge is 2.22. The summed E-state index contributed by atoms with van der Waals surface area (Å²) in [5.74, 6) is 2.30. The number of aryl methyl sites for hydroxylation is 1. The van der Waals surface area contributed by atoms with Gasteiger partial charge in [-0.2, -0.15) is 0 Å². The van der Waals surface area contributed by atoms with Crippen LogP contribution in [0.1, 0.15) is 68.9 Å². The van der Waals surface area contributed by atoms with Gasteiger partial charge >= 0.3 is 5.97 Å². The maximum atomic E-state index is 11.4. The Balaban J connectivity index is 1.46. The van der Waals surface area contributed by atoms with Gasteiger partial charge in [-0.1, -0.05) is 50.1 Å². The lowest BCUT2D eigenvalue weighted by molar-refractivity contribution is -0.135. The summed E-state index contributed by atoms with van der Waals surface area (Å²) in [5, 5.41) is 0. The molecule has 0 atom stereocenters. The lowest BCUT2D eigenvalue weighted by atomic mass is 9.77. The first-order valence-corrected chi connectivity index (χ1v) is 10.2. The molecule has 26 heavy (non-hydrogen) atoms. The van der Waals surface area contributed by atoms with Crippen molar-refractivity contribution >= 4 is 5.97 Å². The number of rotatable bonds is 4. The molecule has 136 valence electrons. The Labute approximate surface area is 156 Å². The second-order valence-corrected chi connectivity index (χ2v) is 7.92. The lowest BCUT2D eigenvalue weighted by Gasteiger charge is -2.28. The summed E-state index contributed by atoms with van der Waals surface area (Å²) in [5.41, 5.74) is 5.09. The summed E-state index contributed by atoms with van der Waals surface area (Å²) >= 11 is 0. The fraction of sp³-hybridized carbons (Fsp3) is 0.458. The SMILES string of the molecule is CCCC1CCC(c2ccc(-c3ccc4c(c3)CCC(=O)O4)cc2)CC1. The highest BCUT2D eigenvalue weighted by Crippen LogP contribution is 2.38. The van der Waals surface area contributed by atoms with Gasteiger partial charge in [0.1, 0.15) is 5.75 Å². The average molecular weight is 348 g/mol. The van der Waals surface area contributed by atoms with Gasteiger partial charge in [-0.25, -0.2) is 0 Å². The van der Waals surface area contributed by atoms with Gasteiger partial charge in [-0.15, -0.1) is 0 Å². The molecule has 2 nitrogen and oxygen atoms in total. The fourth-order valence-corrected chi connectivity index (χ4v) is 4.60. The van der Waals surface area contributed by atoms with Crippen molar-refractivity contribution in [2.45, 2.75) is 64.2 Å². The molecule has 0 saturated heterocycles. The van der Waals surface area contributed by atoms with E-state index in [4.69, 9.17) is 4.74 Å². The number of hydrogen-bond donors (Lipinski definition) is 0. The maximum absolute atomic E-state index is 11.4. The quantitative estimate of drug-likeness (QED) is 0.480. The van der Waals surface area contributed by atoms with Crippen molar-refractivity contribution in [1.29, 1.82) is 0 Å².